The molecule has 0 aliphatic rings. The molecule has 0 fully saturated rings. The van der Waals surface area contributed by atoms with Gasteiger partial charge in [-0.25, -0.2) is 0 Å². The molecule has 1 heterocycles. The van der Waals surface area contributed by atoms with Crippen LogP contribution in [-0.4, -0.2) is 49.0 Å². The third-order valence-corrected chi connectivity index (χ3v) is 3.17. The number of nitrogens with zero attached hydrogens (tertiary/aromatic N) is 3. The smallest absolute Gasteiger partial charge is 0.221 e. The third kappa shape index (κ3) is 6.56. The van der Waals surface area contributed by atoms with E-state index in [1.807, 2.05) is 35.8 Å². The summed E-state index contributed by atoms with van der Waals surface area (Å²) in [7, 11) is 7.24. The van der Waals surface area contributed by atoms with Crippen LogP contribution in [0.3, 0.4) is 0 Å². The predicted molar refractivity (Wildman–Crippen MR) is 97.4 cm³/mol. The highest BCUT2D eigenvalue weighted by Gasteiger charge is 2.09. The van der Waals surface area contributed by atoms with Crippen LogP contribution in [0.5, 0.6) is 0 Å². The third-order valence-electron chi connectivity index (χ3n) is 2.96. The van der Waals surface area contributed by atoms with Crippen molar-refractivity contribution in [3.63, 3.8) is 0 Å². The first-order valence-corrected chi connectivity index (χ1v) is 6.78. The second-order valence-corrected chi connectivity index (χ2v) is 4.95. The van der Waals surface area contributed by atoms with Crippen molar-refractivity contribution in [1.82, 2.24) is 20.1 Å². The normalized spacial score (nSPS) is 10.8. The molecule has 0 saturated carbocycles. The van der Waals surface area contributed by atoms with Gasteiger partial charge in [0, 0.05) is 53.0 Å². The second kappa shape index (κ2) is 9.88. The standard InChI is InChI=1S/C13H22ClN5O.HI/c1-15-12(20)5-6-17-13(16-2)19(4)9-11-7-10(14)8-18(11)3;/h7-8H,5-6,9H2,1-4H3,(H,15,20)(H,16,17);1H. The van der Waals surface area contributed by atoms with Crippen molar-refractivity contribution in [2.45, 2.75) is 13.0 Å². The molecule has 0 aliphatic heterocycles. The number of carbonyl (C=O) groups excluding carboxylic acids is 1. The molecular weight excluding hydrogens is 405 g/mol. The zero-order valence-electron chi connectivity index (χ0n) is 12.8. The Bertz CT molecular complexity index is 489. The van der Waals surface area contributed by atoms with Crippen LogP contribution in [-0.2, 0) is 18.4 Å². The molecule has 0 spiro atoms. The minimum Gasteiger partial charge on any atom is -0.359 e. The Morgan fingerprint density at radius 3 is 2.67 bits per heavy atom. The molecule has 1 rings (SSSR count). The van der Waals surface area contributed by atoms with Gasteiger partial charge in [0.25, 0.3) is 0 Å². The number of aromatic nitrogens is 1. The van der Waals surface area contributed by atoms with Crippen molar-refractivity contribution in [3.8, 4) is 0 Å². The summed E-state index contributed by atoms with van der Waals surface area (Å²) >= 11 is 5.97. The van der Waals surface area contributed by atoms with E-state index in [1.54, 1.807) is 14.1 Å². The van der Waals surface area contributed by atoms with E-state index >= 15 is 0 Å². The Labute approximate surface area is 147 Å². The quantitative estimate of drug-likeness (QED) is 0.425. The highest BCUT2D eigenvalue weighted by Crippen LogP contribution is 2.14. The fraction of sp³-hybridized carbons (Fsp3) is 0.538. The first-order chi connectivity index (χ1) is 9.47. The van der Waals surface area contributed by atoms with Crippen LogP contribution < -0.4 is 10.6 Å². The van der Waals surface area contributed by atoms with Crippen LogP contribution in [0.1, 0.15) is 12.1 Å². The second-order valence-electron chi connectivity index (χ2n) is 4.51. The lowest BCUT2D eigenvalue weighted by Gasteiger charge is -2.22. The van der Waals surface area contributed by atoms with Crippen molar-refractivity contribution in [1.29, 1.82) is 0 Å². The van der Waals surface area contributed by atoms with Crippen LogP contribution in [0.4, 0.5) is 0 Å². The van der Waals surface area contributed by atoms with Crippen molar-refractivity contribution < 1.29 is 4.79 Å². The Balaban J connectivity index is 0.00000400. The van der Waals surface area contributed by atoms with Gasteiger partial charge in [-0.3, -0.25) is 9.79 Å². The lowest BCUT2D eigenvalue weighted by molar-refractivity contribution is -0.120. The highest BCUT2D eigenvalue weighted by atomic mass is 127. The summed E-state index contributed by atoms with van der Waals surface area (Å²) in [6.07, 6.45) is 2.28. The number of carbonyl (C=O) groups is 1. The lowest BCUT2D eigenvalue weighted by atomic mass is 10.4. The number of halogens is 2. The number of hydrogen-bond acceptors (Lipinski definition) is 2. The maximum absolute atomic E-state index is 11.2. The molecule has 0 bridgehead atoms. The molecule has 8 heteroatoms. The monoisotopic (exact) mass is 427 g/mol. The molecule has 0 unspecified atom stereocenters. The number of guanidine groups is 1. The molecule has 0 aromatic carbocycles. The van der Waals surface area contributed by atoms with Gasteiger partial charge in [-0.15, -0.1) is 24.0 Å². The molecule has 21 heavy (non-hydrogen) atoms. The molecule has 1 aromatic rings. The molecule has 0 aliphatic carbocycles. The van der Waals surface area contributed by atoms with Crippen LogP contribution in [0.2, 0.25) is 5.02 Å². The fourth-order valence-electron chi connectivity index (χ4n) is 1.84. The number of aliphatic imine (C=N–C) groups is 1. The number of amides is 1. The molecular formula is C13H23ClIN5O. The average Bonchev–Trinajstić information content (AvgIpc) is 2.72. The summed E-state index contributed by atoms with van der Waals surface area (Å²) in [6, 6.07) is 1.93. The van der Waals surface area contributed by atoms with Gasteiger partial charge in [0.15, 0.2) is 5.96 Å². The predicted octanol–water partition coefficient (Wildman–Crippen LogP) is 1.44. The zero-order chi connectivity index (χ0) is 15.1. The van der Waals surface area contributed by atoms with E-state index in [4.69, 9.17) is 11.6 Å². The van der Waals surface area contributed by atoms with Gasteiger partial charge in [0.05, 0.1) is 11.6 Å². The van der Waals surface area contributed by atoms with E-state index in [-0.39, 0.29) is 29.9 Å². The first-order valence-electron chi connectivity index (χ1n) is 6.41. The van der Waals surface area contributed by atoms with Crippen LogP contribution in [0, 0.1) is 0 Å². The van der Waals surface area contributed by atoms with E-state index in [2.05, 4.69) is 15.6 Å². The van der Waals surface area contributed by atoms with Crippen LogP contribution in [0.15, 0.2) is 17.3 Å². The molecule has 0 atom stereocenters. The van der Waals surface area contributed by atoms with Gasteiger partial charge in [-0.2, -0.15) is 0 Å². The minimum atomic E-state index is 0. The Hall–Kier alpha value is -0.960. The minimum absolute atomic E-state index is 0. The van der Waals surface area contributed by atoms with Crippen molar-refractivity contribution in [2.75, 3.05) is 27.7 Å². The summed E-state index contributed by atoms with van der Waals surface area (Å²) < 4.78 is 1.98. The Kier molecular flexibility index (Phi) is 9.43. The van der Waals surface area contributed by atoms with Crippen LogP contribution >= 0.6 is 35.6 Å². The topological polar surface area (TPSA) is 61.7 Å². The molecule has 0 radical (unpaired) electrons. The fourth-order valence-corrected chi connectivity index (χ4v) is 2.11. The van der Waals surface area contributed by atoms with E-state index in [0.29, 0.717) is 19.5 Å². The van der Waals surface area contributed by atoms with E-state index in [1.165, 1.54) is 0 Å². The van der Waals surface area contributed by atoms with E-state index in [9.17, 15) is 4.79 Å². The Morgan fingerprint density at radius 1 is 1.52 bits per heavy atom. The SMILES string of the molecule is CN=C(NCCC(=O)NC)N(C)Cc1cc(Cl)cn1C.I. The summed E-state index contributed by atoms with van der Waals surface area (Å²) in [5.74, 6) is 0.746. The van der Waals surface area contributed by atoms with Gasteiger partial charge in [-0.05, 0) is 6.07 Å². The molecule has 1 amide bonds. The molecule has 0 saturated heterocycles. The first kappa shape index (κ1) is 20.0. The maximum Gasteiger partial charge on any atom is 0.221 e. The number of nitrogens with one attached hydrogen (secondary N) is 2. The van der Waals surface area contributed by atoms with Gasteiger partial charge >= 0.3 is 0 Å². The maximum atomic E-state index is 11.2. The summed E-state index contributed by atoms with van der Waals surface area (Å²) in [6.45, 7) is 1.23. The Morgan fingerprint density at radius 2 is 2.19 bits per heavy atom. The molecule has 2 N–H and O–H groups in total. The molecule has 6 nitrogen and oxygen atoms in total. The number of hydrogen-bond donors (Lipinski definition) is 2. The highest BCUT2D eigenvalue weighted by molar-refractivity contribution is 14.0. The average molecular weight is 428 g/mol. The van der Waals surface area contributed by atoms with E-state index in [0.717, 1.165) is 16.7 Å². The van der Waals surface area contributed by atoms with Crippen molar-refractivity contribution >= 4 is 47.4 Å². The zero-order valence-corrected chi connectivity index (χ0v) is 15.9. The summed E-state index contributed by atoms with van der Waals surface area (Å²) in [5.41, 5.74) is 1.09. The summed E-state index contributed by atoms with van der Waals surface area (Å²) in [5, 5.41) is 6.46. The van der Waals surface area contributed by atoms with Gasteiger partial charge in [-0.1, -0.05) is 11.6 Å². The van der Waals surface area contributed by atoms with Crippen molar-refractivity contribution in [2.24, 2.45) is 12.0 Å². The summed E-state index contributed by atoms with van der Waals surface area (Å²) in [4.78, 5) is 17.3. The van der Waals surface area contributed by atoms with Gasteiger partial charge < -0.3 is 20.1 Å². The molecule has 1 aromatic heterocycles. The number of aryl methyl sites for hydroxylation is 1. The number of rotatable bonds is 5. The van der Waals surface area contributed by atoms with Gasteiger partial charge in [0.2, 0.25) is 5.91 Å². The van der Waals surface area contributed by atoms with Gasteiger partial charge in [0.1, 0.15) is 0 Å². The lowest BCUT2D eigenvalue weighted by Crippen LogP contribution is -2.40. The van der Waals surface area contributed by atoms with Crippen LogP contribution in [0.25, 0.3) is 0 Å². The molecule has 120 valence electrons. The van der Waals surface area contributed by atoms with Crippen molar-refractivity contribution in [3.05, 3.63) is 23.0 Å². The van der Waals surface area contributed by atoms with E-state index < -0.39 is 0 Å². The largest absolute Gasteiger partial charge is 0.359 e.